The summed E-state index contributed by atoms with van der Waals surface area (Å²) < 4.78 is 11.3. The van der Waals surface area contributed by atoms with Gasteiger partial charge in [0.05, 0.1) is 6.61 Å². The molecule has 0 saturated carbocycles. The van der Waals surface area contributed by atoms with Crippen LogP contribution in [0.25, 0.3) is 0 Å². The molecule has 2 aromatic rings. The van der Waals surface area contributed by atoms with Gasteiger partial charge in [0.15, 0.2) is 6.10 Å². The fourth-order valence-corrected chi connectivity index (χ4v) is 2.51. The maximum Gasteiger partial charge on any atom is 0.265 e. The van der Waals surface area contributed by atoms with E-state index in [0.29, 0.717) is 13.0 Å². The van der Waals surface area contributed by atoms with Gasteiger partial charge in [0.25, 0.3) is 5.91 Å². The van der Waals surface area contributed by atoms with E-state index in [-0.39, 0.29) is 5.91 Å². The molecule has 0 unspecified atom stereocenters. The van der Waals surface area contributed by atoms with Gasteiger partial charge in [0.1, 0.15) is 11.5 Å². The minimum Gasteiger partial charge on any atom is -0.494 e. The molecule has 0 aliphatic heterocycles. The second-order valence-electron chi connectivity index (χ2n) is 5.78. The molecule has 0 aliphatic carbocycles. The van der Waals surface area contributed by atoms with E-state index >= 15 is 0 Å². The third kappa shape index (κ3) is 5.01. The van der Waals surface area contributed by atoms with Crippen LogP contribution in [-0.4, -0.2) is 18.6 Å². The topological polar surface area (TPSA) is 47.6 Å². The Morgan fingerprint density at radius 3 is 2.17 bits per heavy atom. The van der Waals surface area contributed by atoms with Gasteiger partial charge < -0.3 is 14.8 Å². The van der Waals surface area contributed by atoms with Gasteiger partial charge in [-0.1, -0.05) is 13.0 Å². The predicted molar refractivity (Wildman–Crippen MR) is 96.9 cm³/mol. The summed E-state index contributed by atoms with van der Waals surface area (Å²) in [5, 5.41) is 2.89. The third-order valence-corrected chi connectivity index (χ3v) is 3.57. The van der Waals surface area contributed by atoms with Crippen molar-refractivity contribution < 1.29 is 14.3 Å². The summed E-state index contributed by atoms with van der Waals surface area (Å²) in [6.45, 7) is 8.52. The fourth-order valence-electron chi connectivity index (χ4n) is 2.51. The number of nitrogens with one attached hydrogen (secondary N) is 1. The molecule has 1 atom stereocenters. The first-order valence-electron chi connectivity index (χ1n) is 8.30. The molecule has 4 nitrogen and oxygen atoms in total. The van der Waals surface area contributed by atoms with E-state index < -0.39 is 6.10 Å². The Morgan fingerprint density at radius 1 is 1.00 bits per heavy atom. The minimum absolute atomic E-state index is 0.152. The van der Waals surface area contributed by atoms with E-state index in [0.717, 1.165) is 28.3 Å². The van der Waals surface area contributed by atoms with Crippen LogP contribution in [0.15, 0.2) is 42.5 Å². The molecule has 2 aromatic carbocycles. The zero-order valence-electron chi connectivity index (χ0n) is 14.8. The molecule has 0 fully saturated rings. The first-order chi connectivity index (χ1) is 11.5. The van der Waals surface area contributed by atoms with Crippen molar-refractivity contribution in [1.82, 2.24) is 0 Å². The summed E-state index contributed by atoms with van der Waals surface area (Å²) in [6, 6.07) is 13.3. The average molecular weight is 327 g/mol. The predicted octanol–water partition coefficient (Wildman–Crippen LogP) is 4.50. The van der Waals surface area contributed by atoms with Crippen molar-refractivity contribution in [2.75, 3.05) is 11.9 Å². The molecule has 0 aliphatic rings. The number of amides is 1. The minimum atomic E-state index is -0.530. The Labute approximate surface area is 143 Å². The Hall–Kier alpha value is -2.49. The Kier molecular flexibility index (Phi) is 6.24. The van der Waals surface area contributed by atoms with Crippen LogP contribution in [0.5, 0.6) is 11.5 Å². The van der Waals surface area contributed by atoms with Crippen molar-refractivity contribution in [2.45, 2.75) is 40.2 Å². The number of hydrogen-bond acceptors (Lipinski definition) is 3. The van der Waals surface area contributed by atoms with E-state index in [1.165, 1.54) is 0 Å². The highest BCUT2D eigenvalue weighted by atomic mass is 16.5. The summed E-state index contributed by atoms with van der Waals surface area (Å²) in [6.07, 6.45) is 0.0633. The number of anilines is 1. The van der Waals surface area contributed by atoms with Crippen LogP contribution in [0.4, 0.5) is 5.69 Å². The number of rotatable bonds is 7. The number of carbonyl (C=O) groups excluding carboxylic acids is 1. The van der Waals surface area contributed by atoms with E-state index in [1.54, 1.807) is 0 Å². The van der Waals surface area contributed by atoms with Gasteiger partial charge in [-0.05, 0) is 74.7 Å². The largest absolute Gasteiger partial charge is 0.494 e. The normalized spacial score (nSPS) is 11.7. The Balaban J connectivity index is 2.02. The maximum absolute atomic E-state index is 12.5. The second kappa shape index (κ2) is 8.39. The number of benzene rings is 2. The van der Waals surface area contributed by atoms with Crippen LogP contribution in [0.2, 0.25) is 0 Å². The van der Waals surface area contributed by atoms with Crippen LogP contribution >= 0.6 is 0 Å². The summed E-state index contributed by atoms with van der Waals surface area (Å²) in [4.78, 5) is 12.5. The first-order valence-corrected chi connectivity index (χ1v) is 8.30. The van der Waals surface area contributed by atoms with E-state index in [9.17, 15) is 4.79 Å². The second-order valence-corrected chi connectivity index (χ2v) is 5.78. The van der Waals surface area contributed by atoms with E-state index in [1.807, 2.05) is 64.1 Å². The van der Waals surface area contributed by atoms with Crippen LogP contribution in [0.1, 0.15) is 31.4 Å². The highest BCUT2D eigenvalue weighted by Gasteiger charge is 2.18. The molecule has 1 N–H and O–H groups in total. The molecule has 128 valence electrons. The average Bonchev–Trinajstić information content (AvgIpc) is 2.53. The van der Waals surface area contributed by atoms with Crippen molar-refractivity contribution in [3.8, 4) is 11.5 Å². The molecule has 2 rings (SSSR count). The number of aryl methyl sites for hydroxylation is 2. The fraction of sp³-hybridized carbons (Fsp3) is 0.350. The van der Waals surface area contributed by atoms with Crippen LogP contribution in [0, 0.1) is 13.8 Å². The van der Waals surface area contributed by atoms with E-state index in [4.69, 9.17) is 9.47 Å². The van der Waals surface area contributed by atoms with Crippen molar-refractivity contribution in [3.05, 3.63) is 53.6 Å². The molecular weight excluding hydrogens is 302 g/mol. The lowest BCUT2D eigenvalue weighted by Crippen LogP contribution is -2.32. The van der Waals surface area contributed by atoms with Gasteiger partial charge in [-0.25, -0.2) is 0 Å². The molecule has 0 spiro atoms. The smallest absolute Gasteiger partial charge is 0.265 e. The van der Waals surface area contributed by atoms with Gasteiger partial charge in [0, 0.05) is 5.69 Å². The molecule has 1 amide bonds. The Morgan fingerprint density at radius 2 is 1.62 bits per heavy atom. The summed E-state index contributed by atoms with van der Waals surface area (Å²) >= 11 is 0. The molecule has 0 radical (unpaired) electrons. The van der Waals surface area contributed by atoms with Crippen LogP contribution in [0.3, 0.4) is 0 Å². The highest BCUT2D eigenvalue weighted by Crippen LogP contribution is 2.20. The first kappa shape index (κ1) is 17.9. The number of ether oxygens (including phenoxy) is 2. The lowest BCUT2D eigenvalue weighted by molar-refractivity contribution is -0.122. The van der Waals surface area contributed by atoms with Gasteiger partial charge in [0.2, 0.25) is 0 Å². The van der Waals surface area contributed by atoms with Gasteiger partial charge in [-0.2, -0.15) is 0 Å². The van der Waals surface area contributed by atoms with Crippen LogP contribution < -0.4 is 14.8 Å². The molecule has 0 saturated heterocycles. The Bertz CT molecular complexity index is 660. The van der Waals surface area contributed by atoms with Crippen molar-refractivity contribution >= 4 is 11.6 Å². The quantitative estimate of drug-likeness (QED) is 0.814. The highest BCUT2D eigenvalue weighted by molar-refractivity contribution is 5.94. The molecule has 0 heterocycles. The van der Waals surface area contributed by atoms with Gasteiger partial charge in [-0.3, -0.25) is 4.79 Å². The molecule has 0 aromatic heterocycles. The number of carbonyl (C=O) groups is 1. The number of hydrogen-bond donors (Lipinski definition) is 1. The zero-order valence-corrected chi connectivity index (χ0v) is 14.8. The van der Waals surface area contributed by atoms with Crippen molar-refractivity contribution in [1.29, 1.82) is 0 Å². The van der Waals surface area contributed by atoms with E-state index in [2.05, 4.69) is 11.4 Å². The zero-order chi connectivity index (χ0) is 17.5. The van der Waals surface area contributed by atoms with Crippen molar-refractivity contribution in [2.24, 2.45) is 0 Å². The summed E-state index contributed by atoms with van der Waals surface area (Å²) in [5.41, 5.74) is 2.96. The molecule has 0 bridgehead atoms. The molecule has 24 heavy (non-hydrogen) atoms. The summed E-state index contributed by atoms with van der Waals surface area (Å²) in [5.74, 6) is 1.36. The third-order valence-electron chi connectivity index (χ3n) is 3.57. The molecular formula is C20H25NO3. The van der Waals surface area contributed by atoms with Gasteiger partial charge >= 0.3 is 0 Å². The van der Waals surface area contributed by atoms with Crippen molar-refractivity contribution in [3.63, 3.8) is 0 Å². The van der Waals surface area contributed by atoms with Gasteiger partial charge in [-0.15, -0.1) is 0 Å². The summed E-state index contributed by atoms with van der Waals surface area (Å²) in [7, 11) is 0. The monoisotopic (exact) mass is 327 g/mol. The maximum atomic E-state index is 12.5. The lowest BCUT2D eigenvalue weighted by Gasteiger charge is -2.18. The standard InChI is InChI=1S/C20H25NO3/c1-5-19(24-18-12-14(3)11-15(4)13-18)20(22)21-16-7-9-17(10-8-16)23-6-2/h7-13,19H,5-6H2,1-4H3,(H,21,22)/t19-/m1/s1. The van der Waals surface area contributed by atoms with Crippen LogP contribution in [-0.2, 0) is 4.79 Å². The molecule has 4 heteroatoms. The lowest BCUT2D eigenvalue weighted by atomic mass is 10.1. The SMILES string of the molecule is CCOc1ccc(NC(=O)[C@@H](CC)Oc2cc(C)cc(C)c2)cc1.